The van der Waals surface area contributed by atoms with E-state index in [0.717, 1.165) is 5.52 Å². The molecule has 0 aliphatic carbocycles. The molecule has 0 aromatic carbocycles. The summed E-state index contributed by atoms with van der Waals surface area (Å²) in [5.74, 6) is 0.661. The van der Waals surface area contributed by atoms with Crippen LogP contribution in [-0.4, -0.2) is 15.2 Å². The van der Waals surface area contributed by atoms with Gasteiger partial charge in [-0.2, -0.15) is 0 Å². The maximum absolute atomic E-state index is 4.85. The zero-order chi connectivity index (χ0) is 6.97. The van der Waals surface area contributed by atoms with E-state index in [0.29, 0.717) is 11.3 Å². The van der Waals surface area contributed by atoms with E-state index in [1.807, 2.05) is 0 Å². The van der Waals surface area contributed by atoms with E-state index in [9.17, 15) is 0 Å². The van der Waals surface area contributed by atoms with Crippen LogP contribution in [0.2, 0.25) is 0 Å². The molecule has 0 amide bonds. The van der Waals surface area contributed by atoms with E-state index in [1.54, 1.807) is 13.2 Å². The molecule has 2 rings (SSSR count). The topological polar surface area (TPSA) is 51.8 Å². The standard InChI is InChI=1S/C6H5N3O/c1-4-7-5-2-10-3-6(5)9-8-4/h2-3H,1H3. The van der Waals surface area contributed by atoms with E-state index < -0.39 is 0 Å². The van der Waals surface area contributed by atoms with Crippen molar-refractivity contribution < 1.29 is 4.42 Å². The molecular formula is C6H5N3O. The summed E-state index contributed by atoms with van der Waals surface area (Å²) >= 11 is 0. The van der Waals surface area contributed by atoms with Crippen LogP contribution in [-0.2, 0) is 0 Å². The summed E-state index contributed by atoms with van der Waals surface area (Å²) in [4.78, 5) is 4.07. The van der Waals surface area contributed by atoms with Gasteiger partial charge in [-0.25, -0.2) is 4.98 Å². The fourth-order valence-electron chi connectivity index (χ4n) is 0.765. The van der Waals surface area contributed by atoms with Gasteiger partial charge in [0.25, 0.3) is 0 Å². The molecule has 0 atom stereocenters. The van der Waals surface area contributed by atoms with Crippen molar-refractivity contribution in [3.63, 3.8) is 0 Å². The first-order valence-corrected chi connectivity index (χ1v) is 2.89. The van der Waals surface area contributed by atoms with Crippen LogP contribution in [0.1, 0.15) is 5.82 Å². The van der Waals surface area contributed by atoms with Gasteiger partial charge in [0.2, 0.25) is 0 Å². The van der Waals surface area contributed by atoms with Gasteiger partial charge in [0, 0.05) is 0 Å². The fourth-order valence-corrected chi connectivity index (χ4v) is 0.765. The molecule has 2 aromatic heterocycles. The summed E-state index contributed by atoms with van der Waals surface area (Å²) in [6.07, 6.45) is 3.08. The van der Waals surface area contributed by atoms with Crippen molar-refractivity contribution in [2.45, 2.75) is 6.92 Å². The van der Waals surface area contributed by atoms with Crippen LogP contribution in [0.4, 0.5) is 0 Å². The third-order valence-electron chi connectivity index (χ3n) is 1.21. The molecule has 0 fully saturated rings. The summed E-state index contributed by atoms with van der Waals surface area (Å²) in [5, 5.41) is 7.59. The largest absolute Gasteiger partial charge is 0.468 e. The summed E-state index contributed by atoms with van der Waals surface area (Å²) < 4.78 is 4.85. The average Bonchev–Trinajstić information content (AvgIpc) is 2.33. The lowest BCUT2D eigenvalue weighted by Gasteiger charge is -1.85. The normalized spacial score (nSPS) is 10.5. The van der Waals surface area contributed by atoms with Crippen LogP contribution in [0.25, 0.3) is 11.0 Å². The van der Waals surface area contributed by atoms with Gasteiger partial charge in [-0.15, -0.1) is 10.2 Å². The minimum Gasteiger partial charge on any atom is -0.468 e. The second-order valence-electron chi connectivity index (χ2n) is 2.00. The summed E-state index contributed by atoms with van der Waals surface area (Å²) in [7, 11) is 0. The van der Waals surface area contributed by atoms with Crippen molar-refractivity contribution in [3.05, 3.63) is 18.4 Å². The van der Waals surface area contributed by atoms with Crippen LogP contribution in [0, 0.1) is 6.92 Å². The van der Waals surface area contributed by atoms with E-state index in [-0.39, 0.29) is 0 Å². The van der Waals surface area contributed by atoms with Crippen molar-refractivity contribution >= 4 is 11.0 Å². The Labute approximate surface area is 56.9 Å². The summed E-state index contributed by atoms with van der Waals surface area (Å²) in [6, 6.07) is 0. The van der Waals surface area contributed by atoms with Gasteiger partial charge >= 0.3 is 0 Å². The third kappa shape index (κ3) is 0.655. The Morgan fingerprint density at radius 2 is 2.00 bits per heavy atom. The Bertz CT molecular complexity index is 355. The molecule has 0 saturated carbocycles. The highest BCUT2D eigenvalue weighted by Crippen LogP contribution is 2.06. The van der Waals surface area contributed by atoms with Gasteiger partial charge in [-0.1, -0.05) is 0 Å². The number of hydrogen-bond donors (Lipinski definition) is 0. The van der Waals surface area contributed by atoms with Crippen LogP contribution in [0.15, 0.2) is 16.9 Å². The molecule has 50 valence electrons. The minimum atomic E-state index is 0.661. The Kier molecular flexibility index (Phi) is 0.943. The van der Waals surface area contributed by atoms with Crippen molar-refractivity contribution in [3.8, 4) is 0 Å². The first-order valence-electron chi connectivity index (χ1n) is 2.89. The second kappa shape index (κ2) is 1.76. The number of aromatic nitrogens is 3. The maximum Gasteiger partial charge on any atom is 0.150 e. The first kappa shape index (κ1) is 5.34. The predicted molar refractivity (Wildman–Crippen MR) is 34.3 cm³/mol. The summed E-state index contributed by atoms with van der Waals surface area (Å²) in [5.41, 5.74) is 1.46. The predicted octanol–water partition coefficient (Wildman–Crippen LogP) is 0.926. The minimum absolute atomic E-state index is 0.661. The number of aryl methyl sites for hydroxylation is 1. The highest BCUT2D eigenvalue weighted by atomic mass is 16.3. The number of hydrogen-bond acceptors (Lipinski definition) is 4. The van der Waals surface area contributed by atoms with Crippen molar-refractivity contribution in [2.75, 3.05) is 0 Å². The van der Waals surface area contributed by atoms with Gasteiger partial charge in [-0.05, 0) is 6.92 Å². The zero-order valence-electron chi connectivity index (χ0n) is 5.40. The lowest BCUT2D eigenvalue weighted by atomic mass is 10.5. The van der Waals surface area contributed by atoms with Gasteiger partial charge in [-0.3, -0.25) is 0 Å². The molecule has 4 heteroatoms. The van der Waals surface area contributed by atoms with Gasteiger partial charge in [0.1, 0.15) is 29.4 Å². The van der Waals surface area contributed by atoms with Crippen LogP contribution in [0.3, 0.4) is 0 Å². The lowest BCUT2D eigenvalue weighted by Crippen LogP contribution is -1.89. The lowest BCUT2D eigenvalue weighted by molar-refractivity contribution is 0.571. The average molecular weight is 135 g/mol. The SMILES string of the molecule is Cc1nnc2cocc2n1. The van der Waals surface area contributed by atoms with E-state index >= 15 is 0 Å². The van der Waals surface area contributed by atoms with Crippen LogP contribution >= 0.6 is 0 Å². The number of nitrogens with zero attached hydrogens (tertiary/aromatic N) is 3. The molecule has 0 unspecified atom stereocenters. The molecule has 2 aromatic rings. The van der Waals surface area contributed by atoms with Gasteiger partial charge in [0.05, 0.1) is 0 Å². The van der Waals surface area contributed by atoms with E-state index in [2.05, 4.69) is 15.2 Å². The number of furan rings is 1. The van der Waals surface area contributed by atoms with Crippen molar-refractivity contribution in [1.29, 1.82) is 0 Å². The third-order valence-corrected chi connectivity index (χ3v) is 1.21. The number of rotatable bonds is 0. The molecule has 0 radical (unpaired) electrons. The first-order chi connectivity index (χ1) is 4.86. The maximum atomic E-state index is 4.85. The monoisotopic (exact) mass is 135 g/mol. The van der Waals surface area contributed by atoms with Crippen molar-refractivity contribution in [2.24, 2.45) is 0 Å². The molecule has 2 heterocycles. The quantitative estimate of drug-likeness (QED) is 0.539. The molecule has 0 aliphatic rings. The molecule has 0 saturated heterocycles. The van der Waals surface area contributed by atoms with E-state index in [4.69, 9.17) is 4.42 Å². The fraction of sp³-hybridized carbons (Fsp3) is 0.167. The molecule has 0 aliphatic heterocycles. The van der Waals surface area contributed by atoms with E-state index in [1.165, 1.54) is 6.26 Å². The highest BCUT2D eigenvalue weighted by Gasteiger charge is 1.97. The molecule has 0 bridgehead atoms. The Morgan fingerprint density at radius 1 is 1.20 bits per heavy atom. The molecule has 0 N–H and O–H groups in total. The van der Waals surface area contributed by atoms with Crippen LogP contribution < -0.4 is 0 Å². The van der Waals surface area contributed by atoms with Crippen LogP contribution in [0.5, 0.6) is 0 Å². The Morgan fingerprint density at radius 3 is 2.90 bits per heavy atom. The number of fused-ring (bicyclic) bond motifs is 1. The smallest absolute Gasteiger partial charge is 0.150 e. The highest BCUT2D eigenvalue weighted by molar-refractivity contribution is 5.70. The van der Waals surface area contributed by atoms with Gasteiger partial charge in [0.15, 0.2) is 0 Å². The molecule has 10 heavy (non-hydrogen) atoms. The molecular weight excluding hydrogens is 130 g/mol. The Hall–Kier alpha value is -1.45. The second-order valence-corrected chi connectivity index (χ2v) is 2.00. The Balaban J connectivity index is 2.86. The zero-order valence-corrected chi connectivity index (χ0v) is 5.40. The molecule has 4 nitrogen and oxygen atoms in total. The molecule has 0 spiro atoms. The van der Waals surface area contributed by atoms with Crippen molar-refractivity contribution in [1.82, 2.24) is 15.2 Å². The van der Waals surface area contributed by atoms with Gasteiger partial charge < -0.3 is 4.42 Å². The summed E-state index contributed by atoms with van der Waals surface area (Å²) in [6.45, 7) is 1.79.